The van der Waals surface area contributed by atoms with Gasteiger partial charge in [0.1, 0.15) is 0 Å². The molecule has 0 aromatic heterocycles. The molecule has 3 atom stereocenters. The molecule has 2 aromatic carbocycles. The Labute approximate surface area is 102 Å². The van der Waals surface area contributed by atoms with Crippen molar-refractivity contribution in [1.82, 2.24) is 5.32 Å². The van der Waals surface area contributed by atoms with Crippen molar-refractivity contribution in [2.24, 2.45) is 11.8 Å². The highest BCUT2D eigenvalue weighted by molar-refractivity contribution is 5.83. The van der Waals surface area contributed by atoms with Crippen molar-refractivity contribution in [2.75, 3.05) is 13.1 Å². The quantitative estimate of drug-likeness (QED) is 0.783. The van der Waals surface area contributed by atoms with Gasteiger partial charge in [0.15, 0.2) is 0 Å². The summed E-state index contributed by atoms with van der Waals surface area (Å²) in [5, 5.41) is 6.27. The molecule has 0 bridgehead atoms. The Kier molecular flexibility index (Phi) is 1.77. The van der Waals surface area contributed by atoms with Crippen molar-refractivity contribution in [3.8, 4) is 0 Å². The van der Waals surface area contributed by atoms with Gasteiger partial charge in [-0.25, -0.2) is 0 Å². The summed E-state index contributed by atoms with van der Waals surface area (Å²) < 4.78 is 0. The van der Waals surface area contributed by atoms with Crippen LogP contribution in [0.4, 0.5) is 0 Å². The third-order valence-electron chi connectivity index (χ3n) is 5.04. The van der Waals surface area contributed by atoms with Gasteiger partial charge in [-0.2, -0.15) is 0 Å². The van der Waals surface area contributed by atoms with Crippen LogP contribution in [-0.2, 0) is 5.41 Å². The molecule has 0 unspecified atom stereocenters. The standard InChI is InChI=1S/C16H17N/c1-11-15-9-17-10-16(11,15)14-7-6-12-4-2-3-5-13(12)8-14/h2-8,11,15,17H,9-10H2,1H3/t11-,15-,16-/m1/s1. The molecule has 1 aliphatic heterocycles. The fourth-order valence-corrected chi connectivity index (χ4v) is 3.87. The van der Waals surface area contributed by atoms with Crippen LogP contribution < -0.4 is 5.32 Å². The zero-order valence-corrected chi connectivity index (χ0v) is 10.1. The Bertz CT molecular complexity index is 589. The molecule has 1 saturated heterocycles. The zero-order valence-electron chi connectivity index (χ0n) is 10.1. The van der Waals surface area contributed by atoms with E-state index in [2.05, 4.69) is 54.7 Å². The van der Waals surface area contributed by atoms with Gasteiger partial charge in [-0.05, 0) is 34.7 Å². The maximum Gasteiger partial charge on any atom is 0.0150 e. The minimum atomic E-state index is 0.448. The minimum absolute atomic E-state index is 0.448. The largest absolute Gasteiger partial charge is 0.316 e. The van der Waals surface area contributed by atoms with Crippen molar-refractivity contribution in [1.29, 1.82) is 0 Å². The average molecular weight is 223 g/mol. The van der Waals surface area contributed by atoms with Gasteiger partial charge >= 0.3 is 0 Å². The Morgan fingerprint density at radius 3 is 2.71 bits per heavy atom. The van der Waals surface area contributed by atoms with Gasteiger partial charge in [0.25, 0.3) is 0 Å². The molecule has 1 heteroatoms. The first-order valence-corrected chi connectivity index (χ1v) is 6.52. The first kappa shape index (κ1) is 9.67. The van der Waals surface area contributed by atoms with Crippen molar-refractivity contribution < 1.29 is 0 Å². The van der Waals surface area contributed by atoms with Crippen LogP contribution in [0.5, 0.6) is 0 Å². The Hall–Kier alpha value is -1.34. The second-order valence-electron chi connectivity index (χ2n) is 5.63. The molecule has 2 aliphatic rings. The first-order valence-electron chi connectivity index (χ1n) is 6.52. The molecule has 1 heterocycles. The molecular formula is C16H17N. The van der Waals surface area contributed by atoms with Crippen molar-refractivity contribution in [2.45, 2.75) is 12.3 Å². The first-order chi connectivity index (χ1) is 8.32. The number of hydrogen-bond donors (Lipinski definition) is 1. The summed E-state index contributed by atoms with van der Waals surface area (Å²) in [5.41, 5.74) is 1.99. The lowest BCUT2D eigenvalue weighted by Gasteiger charge is -2.15. The number of benzene rings is 2. The van der Waals surface area contributed by atoms with Gasteiger partial charge < -0.3 is 5.32 Å². The highest BCUT2D eigenvalue weighted by Gasteiger charge is 2.64. The van der Waals surface area contributed by atoms with Gasteiger partial charge in [-0.3, -0.25) is 0 Å². The maximum absolute atomic E-state index is 3.54. The van der Waals surface area contributed by atoms with Crippen LogP contribution in [0.2, 0.25) is 0 Å². The van der Waals surface area contributed by atoms with Crippen LogP contribution >= 0.6 is 0 Å². The molecule has 17 heavy (non-hydrogen) atoms. The van der Waals surface area contributed by atoms with E-state index in [4.69, 9.17) is 0 Å². The smallest absolute Gasteiger partial charge is 0.0150 e. The summed E-state index contributed by atoms with van der Waals surface area (Å²) >= 11 is 0. The molecule has 1 N–H and O–H groups in total. The fraction of sp³-hybridized carbons (Fsp3) is 0.375. The topological polar surface area (TPSA) is 12.0 Å². The molecule has 0 spiro atoms. The summed E-state index contributed by atoms with van der Waals surface area (Å²) in [6.07, 6.45) is 0. The van der Waals surface area contributed by atoms with E-state index in [0.29, 0.717) is 5.41 Å². The van der Waals surface area contributed by atoms with Crippen LogP contribution in [0.25, 0.3) is 10.8 Å². The van der Waals surface area contributed by atoms with E-state index < -0.39 is 0 Å². The lowest BCUT2D eigenvalue weighted by atomic mass is 9.91. The van der Waals surface area contributed by atoms with E-state index >= 15 is 0 Å². The van der Waals surface area contributed by atoms with E-state index in [-0.39, 0.29) is 0 Å². The number of fused-ring (bicyclic) bond motifs is 2. The molecule has 4 rings (SSSR count). The van der Waals surface area contributed by atoms with Crippen LogP contribution in [0.1, 0.15) is 12.5 Å². The second-order valence-corrected chi connectivity index (χ2v) is 5.63. The van der Waals surface area contributed by atoms with E-state index in [1.54, 1.807) is 5.56 Å². The molecule has 1 aliphatic carbocycles. The van der Waals surface area contributed by atoms with E-state index in [0.717, 1.165) is 18.4 Å². The summed E-state index contributed by atoms with van der Waals surface area (Å²) in [7, 11) is 0. The summed E-state index contributed by atoms with van der Waals surface area (Å²) in [6, 6.07) is 15.7. The van der Waals surface area contributed by atoms with E-state index in [9.17, 15) is 0 Å². The molecule has 2 fully saturated rings. The highest BCUT2D eigenvalue weighted by atomic mass is 15.0. The normalized spacial score (nSPS) is 34.9. The van der Waals surface area contributed by atoms with Gasteiger partial charge in [0.2, 0.25) is 0 Å². The summed E-state index contributed by atoms with van der Waals surface area (Å²) in [5.74, 6) is 1.72. The molecule has 2 aromatic rings. The number of rotatable bonds is 1. The van der Waals surface area contributed by atoms with Gasteiger partial charge in [0.05, 0.1) is 0 Å². The lowest BCUT2D eigenvalue weighted by Crippen LogP contribution is -2.22. The van der Waals surface area contributed by atoms with Crippen LogP contribution in [0.3, 0.4) is 0 Å². The SMILES string of the molecule is C[C@@H]1[C@H]2CNC[C@]12c1ccc2ccccc2c1. The molecule has 86 valence electrons. The van der Waals surface area contributed by atoms with Crippen molar-refractivity contribution in [3.05, 3.63) is 48.0 Å². The number of hydrogen-bond acceptors (Lipinski definition) is 1. The van der Waals surface area contributed by atoms with Crippen LogP contribution in [0.15, 0.2) is 42.5 Å². The minimum Gasteiger partial charge on any atom is -0.316 e. The van der Waals surface area contributed by atoms with E-state index in [1.807, 2.05) is 0 Å². The third-order valence-corrected chi connectivity index (χ3v) is 5.04. The molecule has 1 nitrogen and oxygen atoms in total. The maximum atomic E-state index is 3.54. The Balaban J connectivity index is 1.87. The summed E-state index contributed by atoms with van der Waals surface area (Å²) in [6.45, 7) is 4.77. The van der Waals surface area contributed by atoms with Crippen LogP contribution in [0, 0.1) is 11.8 Å². The number of nitrogens with one attached hydrogen (secondary N) is 1. The monoisotopic (exact) mass is 223 g/mol. The van der Waals surface area contributed by atoms with E-state index in [1.165, 1.54) is 17.3 Å². The van der Waals surface area contributed by atoms with Gasteiger partial charge in [-0.1, -0.05) is 49.4 Å². The van der Waals surface area contributed by atoms with Gasteiger partial charge in [0, 0.05) is 12.0 Å². The van der Waals surface area contributed by atoms with Gasteiger partial charge in [-0.15, -0.1) is 0 Å². The fourth-order valence-electron chi connectivity index (χ4n) is 3.87. The lowest BCUT2D eigenvalue weighted by molar-refractivity contribution is 0.591. The summed E-state index contributed by atoms with van der Waals surface area (Å²) in [4.78, 5) is 0. The van der Waals surface area contributed by atoms with Crippen LogP contribution in [-0.4, -0.2) is 13.1 Å². The molecular weight excluding hydrogens is 206 g/mol. The van der Waals surface area contributed by atoms with Crippen molar-refractivity contribution in [3.63, 3.8) is 0 Å². The predicted molar refractivity (Wildman–Crippen MR) is 71.1 cm³/mol. The third kappa shape index (κ3) is 1.13. The molecule has 0 amide bonds. The Morgan fingerprint density at radius 2 is 1.94 bits per heavy atom. The molecule has 1 saturated carbocycles. The van der Waals surface area contributed by atoms with Crippen molar-refractivity contribution >= 4 is 10.8 Å². The second kappa shape index (κ2) is 3.11. The average Bonchev–Trinajstić information content (AvgIpc) is 2.78. The highest BCUT2D eigenvalue weighted by Crippen LogP contribution is 2.61. The zero-order chi connectivity index (χ0) is 11.5. The predicted octanol–water partition coefficient (Wildman–Crippen LogP) is 2.95. The molecule has 0 radical (unpaired) electrons. The number of piperidine rings is 1. The Morgan fingerprint density at radius 1 is 1.12 bits per heavy atom.